The number of phenols is 1. The lowest BCUT2D eigenvalue weighted by Crippen LogP contribution is -2.31. The standard InChI is InChI=1S/C28H27N5O5/c1-16-24(27(35)30-21-10-5-6-11-23(21)38-4)25(20-15-19(36-2)12-13-22(20)37-3)33-28(29-16)31-26(32-33)17-8-7-9-18(34)14-17/h5-15,25,34H,1-4H3,(H,30,35)(H,29,31,32). The molecule has 194 valence electrons. The molecule has 10 heteroatoms. The Kier molecular flexibility index (Phi) is 6.61. The van der Waals surface area contributed by atoms with Crippen LogP contribution < -0.4 is 24.8 Å². The quantitative estimate of drug-likeness (QED) is 0.328. The summed E-state index contributed by atoms with van der Waals surface area (Å²) in [5, 5.41) is 20.9. The van der Waals surface area contributed by atoms with Crippen LogP contribution >= 0.6 is 0 Å². The molecular weight excluding hydrogens is 486 g/mol. The monoisotopic (exact) mass is 513 g/mol. The van der Waals surface area contributed by atoms with Crippen molar-refractivity contribution in [3.05, 3.63) is 83.6 Å². The molecule has 0 fully saturated rings. The zero-order valence-electron chi connectivity index (χ0n) is 21.4. The van der Waals surface area contributed by atoms with E-state index in [4.69, 9.17) is 19.3 Å². The number of amides is 1. The highest BCUT2D eigenvalue weighted by molar-refractivity contribution is 6.06. The van der Waals surface area contributed by atoms with Crippen LogP contribution in [0.3, 0.4) is 0 Å². The fourth-order valence-electron chi connectivity index (χ4n) is 4.49. The van der Waals surface area contributed by atoms with Crippen LogP contribution in [0.1, 0.15) is 18.5 Å². The number of carbonyl (C=O) groups excluding carboxylic acids is 1. The Morgan fingerprint density at radius 3 is 2.50 bits per heavy atom. The number of nitrogens with zero attached hydrogens (tertiary/aromatic N) is 3. The second-order valence-electron chi connectivity index (χ2n) is 8.58. The van der Waals surface area contributed by atoms with Gasteiger partial charge in [-0.3, -0.25) is 4.79 Å². The molecule has 0 radical (unpaired) electrons. The number of ether oxygens (including phenoxy) is 3. The number of carbonyl (C=O) groups is 1. The lowest BCUT2D eigenvalue weighted by atomic mass is 9.94. The van der Waals surface area contributed by atoms with Crippen LogP contribution in [0, 0.1) is 0 Å². The third-order valence-electron chi connectivity index (χ3n) is 6.29. The lowest BCUT2D eigenvalue weighted by molar-refractivity contribution is -0.113. The van der Waals surface area contributed by atoms with Gasteiger partial charge in [-0.05, 0) is 49.4 Å². The van der Waals surface area contributed by atoms with E-state index < -0.39 is 6.04 Å². The zero-order valence-corrected chi connectivity index (χ0v) is 21.4. The molecule has 0 spiro atoms. The van der Waals surface area contributed by atoms with E-state index in [2.05, 4.69) is 15.6 Å². The highest BCUT2D eigenvalue weighted by atomic mass is 16.5. The number of rotatable bonds is 7. The smallest absolute Gasteiger partial charge is 0.255 e. The van der Waals surface area contributed by atoms with Crippen LogP contribution in [0.4, 0.5) is 11.6 Å². The van der Waals surface area contributed by atoms with E-state index in [1.165, 1.54) is 0 Å². The van der Waals surface area contributed by atoms with Gasteiger partial charge in [-0.1, -0.05) is 24.3 Å². The average molecular weight is 514 g/mol. The zero-order chi connectivity index (χ0) is 26.8. The van der Waals surface area contributed by atoms with Gasteiger partial charge in [0, 0.05) is 16.8 Å². The van der Waals surface area contributed by atoms with Crippen molar-refractivity contribution < 1.29 is 24.1 Å². The van der Waals surface area contributed by atoms with Crippen molar-refractivity contribution in [1.82, 2.24) is 14.8 Å². The number of aromatic nitrogens is 3. The molecular formula is C28H27N5O5. The Labute approximate surface area is 219 Å². The van der Waals surface area contributed by atoms with Crippen LogP contribution in [0.5, 0.6) is 23.0 Å². The van der Waals surface area contributed by atoms with Crippen molar-refractivity contribution in [2.45, 2.75) is 13.0 Å². The van der Waals surface area contributed by atoms with Gasteiger partial charge in [-0.25, -0.2) is 4.68 Å². The summed E-state index contributed by atoms with van der Waals surface area (Å²) in [6.07, 6.45) is 0. The summed E-state index contributed by atoms with van der Waals surface area (Å²) < 4.78 is 18.3. The topological polar surface area (TPSA) is 120 Å². The SMILES string of the molecule is COc1ccc(OC)c(C2C(C(=O)Nc3ccccc3OC)=C(C)Nc3nc(-c4cccc(O)c4)nn32)c1. The van der Waals surface area contributed by atoms with E-state index in [0.717, 1.165) is 0 Å². The number of aromatic hydroxyl groups is 1. The summed E-state index contributed by atoms with van der Waals surface area (Å²) in [6, 6.07) is 18.5. The van der Waals surface area contributed by atoms with Crippen molar-refractivity contribution in [3.63, 3.8) is 0 Å². The van der Waals surface area contributed by atoms with E-state index in [9.17, 15) is 9.90 Å². The number of para-hydroxylation sites is 2. The first-order valence-corrected chi connectivity index (χ1v) is 11.8. The molecule has 0 aliphatic carbocycles. The number of allylic oxidation sites excluding steroid dienone is 1. The van der Waals surface area contributed by atoms with Crippen LogP contribution in [0.25, 0.3) is 11.4 Å². The van der Waals surface area contributed by atoms with Crippen LogP contribution in [-0.4, -0.2) is 47.1 Å². The number of methoxy groups -OCH3 is 3. The number of phenolic OH excluding ortho intramolecular Hbond substituents is 1. The van der Waals surface area contributed by atoms with Gasteiger partial charge in [0.2, 0.25) is 5.95 Å². The van der Waals surface area contributed by atoms with Gasteiger partial charge in [-0.2, -0.15) is 4.98 Å². The van der Waals surface area contributed by atoms with Crippen LogP contribution in [0.2, 0.25) is 0 Å². The number of hydrogen-bond donors (Lipinski definition) is 3. The van der Waals surface area contributed by atoms with E-state index in [0.29, 0.717) is 57.1 Å². The molecule has 1 aliphatic rings. The first-order chi connectivity index (χ1) is 18.4. The van der Waals surface area contributed by atoms with Gasteiger partial charge in [0.05, 0.1) is 32.6 Å². The lowest BCUT2D eigenvalue weighted by Gasteiger charge is -2.29. The van der Waals surface area contributed by atoms with E-state index >= 15 is 0 Å². The minimum absolute atomic E-state index is 0.0976. The Bertz CT molecular complexity index is 1540. The number of hydrogen-bond acceptors (Lipinski definition) is 8. The second kappa shape index (κ2) is 10.2. The molecule has 1 aromatic heterocycles. The number of nitrogens with one attached hydrogen (secondary N) is 2. The molecule has 10 nitrogen and oxygen atoms in total. The maximum Gasteiger partial charge on any atom is 0.255 e. The minimum Gasteiger partial charge on any atom is -0.508 e. The Morgan fingerprint density at radius 2 is 1.76 bits per heavy atom. The minimum atomic E-state index is -0.718. The average Bonchev–Trinajstić information content (AvgIpc) is 3.35. The Hall–Kier alpha value is -4.99. The molecule has 38 heavy (non-hydrogen) atoms. The fourth-order valence-corrected chi connectivity index (χ4v) is 4.49. The predicted octanol–water partition coefficient (Wildman–Crippen LogP) is 4.60. The Morgan fingerprint density at radius 1 is 0.974 bits per heavy atom. The molecule has 1 unspecified atom stereocenters. The first-order valence-electron chi connectivity index (χ1n) is 11.8. The second-order valence-corrected chi connectivity index (χ2v) is 8.58. The van der Waals surface area contributed by atoms with E-state index in [1.54, 1.807) is 74.5 Å². The molecule has 1 amide bonds. The number of fused-ring (bicyclic) bond motifs is 1. The molecule has 0 saturated heterocycles. The predicted molar refractivity (Wildman–Crippen MR) is 143 cm³/mol. The molecule has 0 saturated carbocycles. The van der Waals surface area contributed by atoms with Gasteiger partial charge in [0.25, 0.3) is 5.91 Å². The normalized spacial score (nSPS) is 14.4. The summed E-state index contributed by atoms with van der Waals surface area (Å²) in [5.41, 5.74) is 2.81. The van der Waals surface area contributed by atoms with Crippen molar-refractivity contribution in [2.75, 3.05) is 32.0 Å². The molecule has 0 bridgehead atoms. The fraction of sp³-hybridized carbons (Fsp3) is 0.179. The number of benzene rings is 3. The molecule has 1 atom stereocenters. The summed E-state index contributed by atoms with van der Waals surface area (Å²) in [5.74, 6) is 2.24. The maximum absolute atomic E-state index is 13.9. The van der Waals surface area contributed by atoms with E-state index in [-0.39, 0.29) is 11.7 Å². The van der Waals surface area contributed by atoms with Gasteiger partial charge >= 0.3 is 0 Å². The largest absolute Gasteiger partial charge is 0.508 e. The summed E-state index contributed by atoms with van der Waals surface area (Å²) in [4.78, 5) is 18.5. The third-order valence-corrected chi connectivity index (χ3v) is 6.29. The first kappa shape index (κ1) is 24.7. The van der Waals surface area contributed by atoms with Gasteiger partial charge in [-0.15, -0.1) is 5.10 Å². The maximum atomic E-state index is 13.9. The van der Waals surface area contributed by atoms with Crippen molar-refractivity contribution in [3.8, 4) is 34.4 Å². The summed E-state index contributed by atoms with van der Waals surface area (Å²) in [6.45, 7) is 1.81. The third kappa shape index (κ3) is 4.47. The van der Waals surface area contributed by atoms with Gasteiger partial charge < -0.3 is 30.0 Å². The van der Waals surface area contributed by atoms with Crippen molar-refractivity contribution in [1.29, 1.82) is 0 Å². The van der Waals surface area contributed by atoms with Crippen molar-refractivity contribution >= 4 is 17.5 Å². The molecule has 1 aliphatic heterocycles. The van der Waals surface area contributed by atoms with Crippen molar-refractivity contribution in [2.24, 2.45) is 0 Å². The molecule has 5 rings (SSSR count). The molecule has 2 heterocycles. The van der Waals surface area contributed by atoms with E-state index in [1.807, 2.05) is 25.1 Å². The van der Waals surface area contributed by atoms with Gasteiger partial charge in [0.15, 0.2) is 5.82 Å². The van der Waals surface area contributed by atoms with Gasteiger partial charge in [0.1, 0.15) is 29.0 Å². The highest BCUT2D eigenvalue weighted by Gasteiger charge is 2.36. The number of anilines is 2. The van der Waals surface area contributed by atoms with Crippen LogP contribution in [-0.2, 0) is 4.79 Å². The molecule has 3 aromatic carbocycles. The summed E-state index contributed by atoms with van der Waals surface area (Å²) >= 11 is 0. The molecule has 4 aromatic rings. The summed E-state index contributed by atoms with van der Waals surface area (Å²) in [7, 11) is 4.69. The van der Waals surface area contributed by atoms with Crippen LogP contribution in [0.15, 0.2) is 78.0 Å². The highest BCUT2D eigenvalue weighted by Crippen LogP contribution is 2.42. The Balaban J connectivity index is 1.67. The molecule has 3 N–H and O–H groups in total.